The molecule has 0 aliphatic rings. The molecule has 16 heavy (non-hydrogen) atoms. The predicted octanol–water partition coefficient (Wildman–Crippen LogP) is 4.94. The summed E-state index contributed by atoms with van der Waals surface area (Å²) in [6.07, 6.45) is 9.60. The molecule has 0 aliphatic heterocycles. The monoisotopic (exact) mass is 248 g/mol. The van der Waals surface area contributed by atoms with Crippen molar-refractivity contribution in [3.63, 3.8) is 0 Å². The molecule has 0 aromatic heterocycles. The van der Waals surface area contributed by atoms with Crippen LogP contribution in [0.15, 0.2) is 0 Å². The molecule has 92 valence electrons. The Bertz CT molecular complexity index is 29.7. The molecule has 0 unspecified atom stereocenters. The van der Waals surface area contributed by atoms with Crippen molar-refractivity contribution < 1.29 is 0 Å². The van der Waals surface area contributed by atoms with Crippen LogP contribution < -0.4 is 0 Å². The second kappa shape index (κ2) is 70.3. The van der Waals surface area contributed by atoms with Gasteiger partial charge in [0.1, 0.15) is 0 Å². The molecule has 0 amide bonds. The molecule has 0 heterocycles. The van der Waals surface area contributed by atoms with Gasteiger partial charge in [0.25, 0.3) is 0 Å². The topological polar surface area (TPSA) is 0 Å². The van der Waals surface area contributed by atoms with Crippen molar-refractivity contribution in [1.82, 2.24) is 0 Å². The fraction of sp³-hybridized carbons (Fsp3) is 0.714. The normalized spacial score (nSPS) is 6.00. The zero-order valence-corrected chi connectivity index (χ0v) is 15.8. The third kappa shape index (κ3) is 263. The molecular formula is C14H32Mg2. The van der Waals surface area contributed by atoms with Gasteiger partial charge in [-0.2, -0.15) is 47.5 Å². The number of hydrogen-bond donors (Lipinski definition) is 0. The minimum absolute atomic E-state index is 0. The van der Waals surface area contributed by atoms with Crippen LogP contribution in [0.3, 0.4) is 0 Å². The molecule has 0 saturated carbocycles. The van der Waals surface area contributed by atoms with Crippen LogP contribution in [0.5, 0.6) is 0 Å². The Morgan fingerprint density at radius 2 is 0.938 bits per heavy atom. The van der Waals surface area contributed by atoms with Crippen molar-refractivity contribution in [1.29, 1.82) is 0 Å². The van der Waals surface area contributed by atoms with Crippen LogP contribution in [0.2, 0.25) is 0 Å². The third-order valence-electron chi connectivity index (χ3n) is 0.762. The van der Waals surface area contributed by atoms with Crippen molar-refractivity contribution in [3.05, 3.63) is 26.2 Å². The summed E-state index contributed by atoms with van der Waals surface area (Å²) in [5.74, 6) is 0. The first-order chi connectivity index (χ1) is 6.66. The van der Waals surface area contributed by atoms with E-state index in [0.29, 0.717) is 0 Å². The van der Waals surface area contributed by atoms with Crippen LogP contribution in [0, 0.1) is 26.2 Å². The Labute approximate surface area is 139 Å². The van der Waals surface area contributed by atoms with E-state index in [9.17, 15) is 0 Å². The molecule has 0 fully saturated rings. The van der Waals surface area contributed by atoms with Gasteiger partial charge in [0.15, 0.2) is 0 Å². The molecule has 0 spiro atoms. The van der Waals surface area contributed by atoms with Gasteiger partial charge in [-0.25, -0.2) is 0 Å². The molecule has 0 atom stereocenters. The Morgan fingerprint density at radius 1 is 0.812 bits per heavy atom. The average molecular weight is 249 g/mol. The standard InChI is InChI=1S/2C4H9.2C3H7.2Mg/c2*1-3-4-2;2*1-3-2;;/h3H,4H2,1-2H3;1,3-4H2,2H3;2*3H,1-2H3;;/q4*-1;2*+2. The van der Waals surface area contributed by atoms with E-state index in [-0.39, 0.29) is 46.1 Å². The van der Waals surface area contributed by atoms with E-state index in [2.05, 4.69) is 34.1 Å². The van der Waals surface area contributed by atoms with Gasteiger partial charge in [0.05, 0.1) is 0 Å². The van der Waals surface area contributed by atoms with Gasteiger partial charge in [0.2, 0.25) is 0 Å². The van der Waals surface area contributed by atoms with E-state index >= 15 is 0 Å². The molecule has 0 radical (unpaired) electrons. The maximum atomic E-state index is 3.60. The van der Waals surface area contributed by atoms with Gasteiger partial charge in [-0.05, 0) is 0 Å². The van der Waals surface area contributed by atoms with Gasteiger partial charge in [0, 0.05) is 0 Å². The number of rotatable bonds is 2. The van der Waals surface area contributed by atoms with Gasteiger partial charge in [-0.1, -0.05) is 20.3 Å². The van der Waals surface area contributed by atoms with Crippen LogP contribution in [-0.4, -0.2) is 46.1 Å². The van der Waals surface area contributed by atoms with Gasteiger partial charge < -0.3 is 26.2 Å². The predicted molar refractivity (Wildman–Crippen MR) is 83.3 cm³/mol. The molecule has 0 aromatic rings. The average Bonchev–Trinajstić information content (AvgIpc) is 2.20. The van der Waals surface area contributed by atoms with Crippen molar-refractivity contribution in [2.24, 2.45) is 0 Å². The molecule has 0 saturated heterocycles. The molecule has 0 aromatic carbocycles. The summed E-state index contributed by atoms with van der Waals surface area (Å²) in [6.45, 7) is 17.9. The molecule has 0 bridgehead atoms. The van der Waals surface area contributed by atoms with E-state index in [0.717, 1.165) is 6.42 Å². The molecule has 0 rings (SSSR count). The van der Waals surface area contributed by atoms with Crippen LogP contribution in [0.4, 0.5) is 0 Å². The molecule has 0 N–H and O–H groups in total. The van der Waals surface area contributed by atoms with Gasteiger partial charge in [-0.15, -0.1) is 0 Å². The quantitative estimate of drug-likeness (QED) is 0.480. The maximum absolute atomic E-state index is 3.60. The zero-order chi connectivity index (χ0) is 12.2. The minimum Gasteiger partial charge on any atom is -0.343 e. The second-order valence-corrected chi connectivity index (χ2v) is 2.82. The Kier molecular flexibility index (Phi) is 158. The molecular weight excluding hydrogens is 217 g/mol. The first-order valence-corrected chi connectivity index (χ1v) is 5.71. The number of hydrogen-bond acceptors (Lipinski definition) is 0. The fourth-order valence-corrected chi connectivity index (χ4v) is 0. The zero-order valence-electron chi connectivity index (χ0n) is 13.0. The molecule has 2 heteroatoms. The van der Waals surface area contributed by atoms with E-state index in [1.165, 1.54) is 12.8 Å². The Morgan fingerprint density at radius 3 is 0.938 bits per heavy atom. The summed E-state index contributed by atoms with van der Waals surface area (Å²) in [6, 6.07) is 0. The Hall–Kier alpha value is 1.53. The third-order valence-corrected chi connectivity index (χ3v) is 0.762. The van der Waals surface area contributed by atoms with Gasteiger partial charge >= 0.3 is 46.1 Å². The maximum Gasteiger partial charge on any atom is 2.00 e. The summed E-state index contributed by atoms with van der Waals surface area (Å²) in [5, 5.41) is 0. The Balaban J connectivity index is -0.0000000202. The van der Waals surface area contributed by atoms with E-state index < -0.39 is 0 Å². The van der Waals surface area contributed by atoms with Crippen LogP contribution in [0.1, 0.15) is 67.7 Å². The summed E-state index contributed by atoms with van der Waals surface area (Å²) in [5.41, 5.74) is 0. The molecule has 0 aliphatic carbocycles. The molecule has 0 nitrogen and oxygen atoms in total. The van der Waals surface area contributed by atoms with Gasteiger partial charge in [-0.3, -0.25) is 0 Å². The SMILES string of the molecule is C[CH-]C.C[CH-]C.C[CH-]CC.[CH2-]CCC.[Mg+2].[Mg+2]. The fourth-order valence-electron chi connectivity index (χ4n) is 0. The smallest absolute Gasteiger partial charge is 0.343 e. The number of unbranched alkanes of at least 4 members (excludes halogenated alkanes) is 2. The van der Waals surface area contributed by atoms with Crippen LogP contribution >= 0.6 is 0 Å². The summed E-state index contributed by atoms with van der Waals surface area (Å²) in [7, 11) is 0. The summed E-state index contributed by atoms with van der Waals surface area (Å²) < 4.78 is 0. The van der Waals surface area contributed by atoms with E-state index in [1.807, 2.05) is 40.5 Å². The van der Waals surface area contributed by atoms with Crippen molar-refractivity contribution in [2.75, 3.05) is 0 Å². The summed E-state index contributed by atoms with van der Waals surface area (Å²) >= 11 is 0. The second-order valence-electron chi connectivity index (χ2n) is 2.82. The van der Waals surface area contributed by atoms with Crippen molar-refractivity contribution in [2.45, 2.75) is 67.7 Å². The largest absolute Gasteiger partial charge is 2.00 e. The van der Waals surface area contributed by atoms with E-state index in [1.54, 1.807) is 0 Å². The van der Waals surface area contributed by atoms with Crippen LogP contribution in [0.25, 0.3) is 0 Å². The van der Waals surface area contributed by atoms with Crippen LogP contribution in [-0.2, 0) is 0 Å². The minimum atomic E-state index is 0. The van der Waals surface area contributed by atoms with Crippen molar-refractivity contribution >= 4 is 46.1 Å². The first kappa shape index (κ1) is 36.0. The van der Waals surface area contributed by atoms with Crippen molar-refractivity contribution in [3.8, 4) is 0 Å². The van der Waals surface area contributed by atoms with E-state index in [4.69, 9.17) is 0 Å². The summed E-state index contributed by atoms with van der Waals surface area (Å²) in [4.78, 5) is 0. The first-order valence-electron chi connectivity index (χ1n) is 5.71.